The van der Waals surface area contributed by atoms with Crippen LogP contribution in [0.15, 0.2) is 12.3 Å². The zero-order valence-corrected chi connectivity index (χ0v) is 13.4. The average molecular weight is 292 g/mol. The number of aromatic nitrogens is 4. The molecule has 0 fully saturated rings. The highest BCUT2D eigenvalue weighted by atomic mass is 16.5. The first-order valence-electron chi connectivity index (χ1n) is 7.27. The van der Waals surface area contributed by atoms with Gasteiger partial charge in [-0.3, -0.25) is 4.68 Å². The first-order chi connectivity index (χ1) is 9.97. The van der Waals surface area contributed by atoms with Crippen LogP contribution >= 0.6 is 0 Å². The van der Waals surface area contributed by atoms with E-state index in [1.54, 1.807) is 18.8 Å². The summed E-state index contributed by atoms with van der Waals surface area (Å²) in [6.07, 6.45) is 2.77. The summed E-state index contributed by atoms with van der Waals surface area (Å²) in [5, 5.41) is 19.3. The van der Waals surface area contributed by atoms with Gasteiger partial charge in [0.1, 0.15) is 0 Å². The molecule has 2 aromatic rings. The van der Waals surface area contributed by atoms with Crippen LogP contribution in [0.25, 0.3) is 0 Å². The Bertz CT molecular complexity index is 603. The Kier molecular flexibility index (Phi) is 4.67. The quantitative estimate of drug-likeness (QED) is 0.886. The van der Waals surface area contributed by atoms with Gasteiger partial charge in [-0.05, 0) is 26.3 Å². The molecule has 0 aromatic carbocycles. The van der Waals surface area contributed by atoms with Crippen LogP contribution in [0, 0.1) is 6.92 Å². The summed E-state index contributed by atoms with van der Waals surface area (Å²) in [7, 11) is 3.39. The normalized spacial score (nSPS) is 14.2. The largest absolute Gasteiger partial charge is 0.481 e. The number of methoxy groups -OCH3 is 1. The van der Waals surface area contributed by atoms with Crippen molar-refractivity contribution in [2.75, 3.05) is 7.11 Å². The third kappa shape index (κ3) is 3.10. The lowest BCUT2D eigenvalue weighted by Gasteiger charge is -2.11. The fraction of sp³-hybridized carbons (Fsp3) is 0.600. The van der Waals surface area contributed by atoms with Crippen LogP contribution in [0.5, 0.6) is 5.88 Å². The topological polar surface area (TPSA) is 65.1 Å². The van der Waals surface area contributed by atoms with E-state index in [0.29, 0.717) is 18.3 Å². The van der Waals surface area contributed by atoms with Crippen LogP contribution < -0.4 is 4.74 Å². The SMILES string of the molecule is CCC(C)n1ccc(CC(O)c2c(C)nn(C)c2OC)n1. The molecule has 0 aliphatic carbocycles. The lowest BCUT2D eigenvalue weighted by Crippen LogP contribution is -2.08. The van der Waals surface area contributed by atoms with Gasteiger partial charge in [-0.1, -0.05) is 6.92 Å². The Morgan fingerprint density at radius 2 is 2.10 bits per heavy atom. The molecule has 0 amide bonds. The van der Waals surface area contributed by atoms with Gasteiger partial charge in [-0.2, -0.15) is 10.2 Å². The molecule has 116 valence electrons. The standard InChI is InChI=1S/C15H24N4O2/c1-6-10(2)19-8-7-12(17-19)9-13(20)14-11(3)16-18(4)15(14)21-5/h7-8,10,13,20H,6,9H2,1-5H3. The maximum atomic E-state index is 10.5. The summed E-state index contributed by atoms with van der Waals surface area (Å²) in [4.78, 5) is 0. The van der Waals surface area contributed by atoms with Crippen molar-refractivity contribution < 1.29 is 9.84 Å². The predicted molar refractivity (Wildman–Crippen MR) is 80.4 cm³/mol. The summed E-state index contributed by atoms with van der Waals surface area (Å²) in [5.74, 6) is 0.598. The van der Waals surface area contributed by atoms with Crippen LogP contribution in [0.4, 0.5) is 0 Å². The van der Waals surface area contributed by atoms with Gasteiger partial charge in [0.25, 0.3) is 0 Å². The van der Waals surface area contributed by atoms with Gasteiger partial charge >= 0.3 is 0 Å². The van der Waals surface area contributed by atoms with Crippen LogP contribution in [0.3, 0.4) is 0 Å². The molecule has 6 heteroatoms. The second-order valence-corrected chi connectivity index (χ2v) is 5.40. The molecule has 2 heterocycles. The fourth-order valence-electron chi connectivity index (χ4n) is 2.50. The predicted octanol–water partition coefficient (Wildman–Crippen LogP) is 2.18. The molecule has 6 nitrogen and oxygen atoms in total. The molecule has 0 aliphatic heterocycles. The second-order valence-electron chi connectivity index (χ2n) is 5.40. The van der Waals surface area contributed by atoms with E-state index in [1.165, 1.54) is 0 Å². The molecule has 0 saturated carbocycles. The van der Waals surface area contributed by atoms with E-state index in [-0.39, 0.29) is 0 Å². The maximum Gasteiger partial charge on any atom is 0.217 e. The van der Waals surface area contributed by atoms with Crippen molar-refractivity contribution in [3.8, 4) is 5.88 Å². The molecule has 0 saturated heterocycles. The molecule has 0 aliphatic rings. The molecular formula is C15H24N4O2. The Hall–Kier alpha value is -1.82. The Morgan fingerprint density at radius 3 is 2.71 bits per heavy atom. The Morgan fingerprint density at radius 1 is 1.38 bits per heavy atom. The molecule has 0 radical (unpaired) electrons. The minimum Gasteiger partial charge on any atom is -0.481 e. The van der Waals surface area contributed by atoms with Crippen molar-refractivity contribution in [1.82, 2.24) is 19.6 Å². The minimum absolute atomic E-state index is 0.366. The highest BCUT2D eigenvalue weighted by molar-refractivity contribution is 5.33. The van der Waals surface area contributed by atoms with Gasteiger partial charge in [0.15, 0.2) is 0 Å². The number of nitrogens with zero attached hydrogens (tertiary/aromatic N) is 4. The molecule has 2 aromatic heterocycles. The second kappa shape index (κ2) is 6.30. The van der Waals surface area contributed by atoms with Gasteiger partial charge in [0, 0.05) is 25.7 Å². The van der Waals surface area contributed by atoms with Crippen molar-refractivity contribution in [2.45, 2.75) is 45.8 Å². The summed E-state index contributed by atoms with van der Waals surface area (Å²) >= 11 is 0. The highest BCUT2D eigenvalue weighted by Gasteiger charge is 2.22. The van der Waals surface area contributed by atoms with E-state index in [0.717, 1.165) is 23.4 Å². The molecular weight excluding hydrogens is 268 g/mol. The van der Waals surface area contributed by atoms with E-state index >= 15 is 0 Å². The molecule has 2 rings (SSSR count). The van der Waals surface area contributed by atoms with E-state index < -0.39 is 6.10 Å². The summed E-state index contributed by atoms with van der Waals surface area (Å²) in [6, 6.07) is 2.32. The molecule has 1 N–H and O–H groups in total. The first-order valence-corrected chi connectivity index (χ1v) is 7.27. The average Bonchev–Trinajstić information content (AvgIpc) is 3.01. The molecule has 2 unspecified atom stereocenters. The zero-order valence-electron chi connectivity index (χ0n) is 13.4. The van der Waals surface area contributed by atoms with Crippen LogP contribution in [0.2, 0.25) is 0 Å². The van der Waals surface area contributed by atoms with Gasteiger partial charge in [0.2, 0.25) is 5.88 Å². The fourth-order valence-corrected chi connectivity index (χ4v) is 2.50. The zero-order chi connectivity index (χ0) is 15.6. The van der Waals surface area contributed by atoms with Gasteiger partial charge in [-0.25, -0.2) is 4.68 Å². The van der Waals surface area contributed by atoms with E-state index in [9.17, 15) is 5.11 Å². The molecule has 0 spiro atoms. The maximum absolute atomic E-state index is 10.5. The number of aryl methyl sites for hydroxylation is 2. The number of aliphatic hydroxyl groups is 1. The number of aliphatic hydroxyl groups excluding tert-OH is 1. The van der Waals surface area contributed by atoms with E-state index in [2.05, 4.69) is 24.0 Å². The van der Waals surface area contributed by atoms with Gasteiger partial charge < -0.3 is 9.84 Å². The van der Waals surface area contributed by atoms with E-state index in [1.807, 2.05) is 23.9 Å². The Labute approximate surface area is 125 Å². The van der Waals surface area contributed by atoms with Crippen molar-refractivity contribution in [3.63, 3.8) is 0 Å². The lowest BCUT2D eigenvalue weighted by molar-refractivity contribution is 0.171. The van der Waals surface area contributed by atoms with Crippen molar-refractivity contribution in [1.29, 1.82) is 0 Å². The number of ether oxygens (including phenoxy) is 1. The van der Waals surface area contributed by atoms with Gasteiger partial charge in [0.05, 0.1) is 30.2 Å². The number of hydrogen-bond donors (Lipinski definition) is 1. The third-order valence-electron chi connectivity index (χ3n) is 3.85. The first kappa shape index (κ1) is 15.6. The molecule has 2 atom stereocenters. The summed E-state index contributed by atoms with van der Waals surface area (Å²) in [5.41, 5.74) is 2.38. The molecule has 0 bridgehead atoms. The van der Waals surface area contributed by atoms with Crippen LogP contribution in [-0.2, 0) is 13.5 Å². The minimum atomic E-state index is -0.672. The third-order valence-corrected chi connectivity index (χ3v) is 3.85. The Balaban J connectivity index is 2.18. The smallest absolute Gasteiger partial charge is 0.217 e. The van der Waals surface area contributed by atoms with Crippen LogP contribution in [-0.4, -0.2) is 31.8 Å². The summed E-state index contributed by atoms with van der Waals surface area (Å²) in [6.45, 7) is 6.13. The lowest BCUT2D eigenvalue weighted by atomic mass is 10.1. The van der Waals surface area contributed by atoms with E-state index in [4.69, 9.17) is 4.74 Å². The highest BCUT2D eigenvalue weighted by Crippen LogP contribution is 2.29. The van der Waals surface area contributed by atoms with Crippen molar-refractivity contribution >= 4 is 0 Å². The summed E-state index contributed by atoms with van der Waals surface area (Å²) < 4.78 is 8.92. The van der Waals surface area contributed by atoms with Crippen LogP contribution in [0.1, 0.15) is 49.4 Å². The number of rotatable bonds is 6. The van der Waals surface area contributed by atoms with Crippen molar-refractivity contribution in [2.24, 2.45) is 7.05 Å². The molecule has 21 heavy (non-hydrogen) atoms. The monoisotopic (exact) mass is 292 g/mol. The number of hydrogen-bond acceptors (Lipinski definition) is 4. The van der Waals surface area contributed by atoms with Gasteiger partial charge in [-0.15, -0.1) is 0 Å². The van der Waals surface area contributed by atoms with Crippen molar-refractivity contribution in [3.05, 3.63) is 29.2 Å².